The highest BCUT2D eigenvalue weighted by molar-refractivity contribution is 5.33. The van der Waals surface area contributed by atoms with Crippen LogP contribution < -0.4 is 10.5 Å². The number of benzene rings is 1. The minimum absolute atomic E-state index is 0.00463. The molecule has 0 saturated carbocycles. The van der Waals surface area contributed by atoms with Gasteiger partial charge in [-0.3, -0.25) is 0 Å². The first-order valence-electron chi connectivity index (χ1n) is 4.99. The van der Waals surface area contributed by atoms with E-state index < -0.39 is 23.4 Å². The highest BCUT2D eigenvalue weighted by atomic mass is 19.4. The van der Waals surface area contributed by atoms with E-state index >= 15 is 0 Å². The van der Waals surface area contributed by atoms with Crippen LogP contribution in [-0.2, 0) is 6.18 Å². The number of hydrogen-bond acceptors (Lipinski definition) is 4. The second kappa shape index (κ2) is 4.71. The van der Waals surface area contributed by atoms with Gasteiger partial charge in [0.15, 0.2) is 0 Å². The molecule has 0 atom stereocenters. The van der Waals surface area contributed by atoms with Crippen molar-refractivity contribution in [1.82, 2.24) is 9.97 Å². The third-order valence-electron chi connectivity index (χ3n) is 2.13. The Labute approximate surface area is 104 Å². The normalized spacial score (nSPS) is 11.4. The summed E-state index contributed by atoms with van der Waals surface area (Å²) in [6, 6.07) is 3.75. The van der Waals surface area contributed by atoms with Gasteiger partial charge in [-0.2, -0.15) is 22.5 Å². The quantitative estimate of drug-likeness (QED) is 0.854. The maximum atomic E-state index is 13.2. The Morgan fingerprint density at radius 3 is 2.32 bits per heavy atom. The average Bonchev–Trinajstić information content (AvgIpc) is 2.33. The van der Waals surface area contributed by atoms with Crippen LogP contribution in [0.2, 0.25) is 0 Å². The van der Waals surface area contributed by atoms with Crippen molar-refractivity contribution in [3.8, 4) is 11.6 Å². The SMILES string of the molecule is Nc1ncc(F)c(Oc2ccc(C(F)(F)F)cc2)n1. The largest absolute Gasteiger partial charge is 0.436 e. The van der Waals surface area contributed by atoms with Gasteiger partial charge in [-0.25, -0.2) is 4.98 Å². The van der Waals surface area contributed by atoms with Gasteiger partial charge >= 0.3 is 6.18 Å². The summed E-state index contributed by atoms with van der Waals surface area (Å²) in [6.07, 6.45) is -3.63. The van der Waals surface area contributed by atoms with Gasteiger partial charge in [0, 0.05) is 0 Å². The van der Waals surface area contributed by atoms with Crippen LogP contribution in [0.25, 0.3) is 0 Å². The Morgan fingerprint density at radius 1 is 1.11 bits per heavy atom. The summed E-state index contributed by atoms with van der Waals surface area (Å²) in [6.45, 7) is 0. The van der Waals surface area contributed by atoms with Crippen molar-refractivity contribution in [2.24, 2.45) is 0 Å². The number of aromatic nitrogens is 2. The standard InChI is InChI=1S/C11H7F4N3O/c12-8-5-17-10(16)18-9(8)19-7-3-1-6(2-4-7)11(13,14)15/h1-5H,(H2,16,17,18). The van der Waals surface area contributed by atoms with E-state index in [-0.39, 0.29) is 11.7 Å². The van der Waals surface area contributed by atoms with E-state index in [4.69, 9.17) is 10.5 Å². The van der Waals surface area contributed by atoms with Gasteiger partial charge < -0.3 is 10.5 Å². The van der Waals surface area contributed by atoms with Gasteiger partial charge in [0.05, 0.1) is 11.8 Å². The molecule has 0 spiro atoms. The predicted molar refractivity (Wildman–Crippen MR) is 57.9 cm³/mol. The molecule has 0 aliphatic carbocycles. The van der Waals surface area contributed by atoms with Crippen LogP contribution in [0.4, 0.5) is 23.5 Å². The summed E-state index contributed by atoms with van der Waals surface area (Å²) in [5.41, 5.74) is 4.41. The van der Waals surface area contributed by atoms with E-state index in [1.807, 2.05) is 0 Å². The zero-order valence-corrected chi connectivity index (χ0v) is 9.28. The summed E-state index contributed by atoms with van der Waals surface area (Å²) in [4.78, 5) is 6.88. The third kappa shape index (κ3) is 3.09. The molecule has 1 heterocycles. The van der Waals surface area contributed by atoms with Crippen molar-refractivity contribution >= 4 is 5.95 Å². The molecular weight excluding hydrogens is 266 g/mol. The molecule has 19 heavy (non-hydrogen) atoms. The van der Waals surface area contributed by atoms with Crippen LogP contribution in [0.5, 0.6) is 11.6 Å². The number of halogens is 4. The Kier molecular flexibility index (Phi) is 3.24. The van der Waals surface area contributed by atoms with E-state index in [1.165, 1.54) is 0 Å². The molecule has 1 aromatic carbocycles. The Balaban J connectivity index is 2.22. The number of nitrogen functional groups attached to an aromatic ring is 1. The molecule has 0 fully saturated rings. The maximum absolute atomic E-state index is 13.2. The number of nitrogens with zero attached hydrogens (tertiary/aromatic N) is 2. The van der Waals surface area contributed by atoms with E-state index in [1.54, 1.807) is 0 Å². The van der Waals surface area contributed by atoms with Gasteiger partial charge in [-0.15, -0.1) is 0 Å². The molecule has 8 heteroatoms. The van der Waals surface area contributed by atoms with E-state index in [0.717, 1.165) is 30.5 Å². The minimum atomic E-state index is -4.44. The molecule has 0 aliphatic heterocycles. The van der Waals surface area contributed by atoms with Gasteiger partial charge in [0.1, 0.15) is 5.75 Å². The molecule has 2 rings (SSSR count). The number of ether oxygens (including phenoxy) is 1. The second-order valence-corrected chi connectivity index (χ2v) is 3.51. The van der Waals surface area contributed by atoms with Crippen molar-refractivity contribution < 1.29 is 22.3 Å². The Morgan fingerprint density at radius 2 is 1.74 bits per heavy atom. The molecule has 2 aromatic rings. The Hall–Kier alpha value is -2.38. The lowest BCUT2D eigenvalue weighted by molar-refractivity contribution is -0.137. The fourth-order valence-corrected chi connectivity index (χ4v) is 1.26. The van der Waals surface area contributed by atoms with Gasteiger partial charge in [-0.05, 0) is 24.3 Å². The number of nitrogens with two attached hydrogens (primary N) is 1. The molecule has 2 N–H and O–H groups in total. The molecule has 0 saturated heterocycles. The van der Waals surface area contributed by atoms with Crippen LogP contribution in [0.15, 0.2) is 30.5 Å². The van der Waals surface area contributed by atoms with Crippen molar-refractivity contribution in [1.29, 1.82) is 0 Å². The molecule has 0 aliphatic rings. The monoisotopic (exact) mass is 273 g/mol. The molecule has 0 unspecified atom stereocenters. The van der Waals surface area contributed by atoms with E-state index in [0.29, 0.717) is 0 Å². The lowest BCUT2D eigenvalue weighted by atomic mass is 10.2. The highest BCUT2D eigenvalue weighted by Crippen LogP contribution is 2.31. The number of alkyl halides is 3. The zero-order valence-electron chi connectivity index (χ0n) is 9.28. The minimum Gasteiger partial charge on any atom is -0.436 e. The molecule has 0 bridgehead atoms. The van der Waals surface area contributed by atoms with Crippen molar-refractivity contribution in [2.75, 3.05) is 5.73 Å². The lowest BCUT2D eigenvalue weighted by Crippen LogP contribution is -2.04. The Bertz CT molecular complexity index is 583. The molecule has 100 valence electrons. The van der Waals surface area contributed by atoms with Crippen LogP contribution in [0.3, 0.4) is 0 Å². The smallest absolute Gasteiger partial charge is 0.416 e. The molecule has 1 aromatic heterocycles. The first-order valence-corrected chi connectivity index (χ1v) is 4.99. The van der Waals surface area contributed by atoms with Crippen LogP contribution in [-0.4, -0.2) is 9.97 Å². The molecule has 4 nitrogen and oxygen atoms in total. The lowest BCUT2D eigenvalue weighted by Gasteiger charge is -2.08. The molecule has 0 amide bonds. The summed E-state index contributed by atoms with van der Waals surface area (Å²) in [5, 5.41) is 0. The summed E-state index contributed by atoms with van der Waals surface area (Å²) in [7, 11) is 0. The second-order valence-electron chi connectivity index (χ2n) is 3.51. The van der Waals surface area contributed by atoms with E-state index in [2.05, 4.69) is 9.97 Å². The van der Waals surface area contributed by atoms with Crippen LogP contribution >= 0.6 is 0 Å². The molecular formula is C11H7F4N3O. The zero-order chi connectivity index (χ0) is 14.0. The summed E-state index contributed by atoms with van der Waals surface area (Å²) < 4.78 is 55.2. The maximum Gasteiger partial charge on any atom is 0.416 e. The first-order chi connectivity index (χ1) is 8.86. The van der Waals surface area contributed by atoms with E-state index in [9.17, 15) is 17.6 Å². The van der Waals surface area contributed by atoms with Crippen LogP contribution in [0, 0.1) is 5.82 Å². The van der Waals surface area contributed by atoms with Gasteiger partial charge in [0.2, 0.25) is 11.8 Å². The first kappa shape index (κ1) is 13.1. The third-order valence-corrected chi connectivity index (χ3v) is 2.13. The van der Waals surface area contributed by atoms with Gasteiger partial charge in [-0.1, -0.05) is 0 Å². The number of anilines is 1. The predicted octanol–water partition coefficient (Wildman–Crippen LogP) is 3.01. The number of rotatable bonds is 2. The summed E-state index contributed by atoms with van der Waals surface area (Å²) >= 11 is 0. The molecule has 0 radical (unpaired) electrons. The fraction of sp³-hybridized carbons (Fsp3) is 0.0909. The van der Waals surface area contributed by atoms with Crippen molar-refractivity contribution in [2.45, 2.75) is 6.18 Å². The number of hydrogen-bond donors (Lipinski definition) is 1. The van der Waals surface area contributed by atoms with Crippen LogP contribution in [0.1, 0.15) is 5.56 Å². The topological polar surface area (TPSA) is 61.0 Å². The average molecular weight is 273 g/mol. The summed E-state index contributed by atoms with van der Waals surface area (Å²) in [5.74, 6) is -1.52. The van der Waals surface area contributed by atoms with Crippen molar-refractivity contribution in [3.63, 3.8) is 0 Å². The van der Waals surface area contributed by atoms with Crippen molar-refractivity contribution in [3.05, 3.63) is 41.8 Å². The highest BCUT2D eigenvalue weighted by Gasteiger charge is 2.30. The fourth-order valence-electron chi connectivity index (χ4n) is 1.26. The van der Waals surface area contributed by atoms with Gasteiger partial charge in [0.25, 0.3) is 5.88 Å².